The SMILES string of the molecule is CN(C)c1cc2c(cc1O)CCC1C2CC[C@@]2(C)C1CC[C@@H]2O. The Bertz CT molecular complexity index is 626. The predicted octanol–water partition coefficient (Wildman–Crippen LogP) is 3.68. The molecule has 0 saturated heterocycles. The number of phenols is 1. The van der Waals surface area contributed by atoms with Crippen molar-refractivity contribution in [3.63, 3.8) is 0 Å². The predicted molar refractivity (Wildman–Crippen MR) is 93.1 cm³/mol. The molecule has 3 aliphatic carbocycles. The summed E-state index contributed by atoms with van der Waals surface area (Å²) in [6.07, 6.45) is 6.66. The van der Waals surface area contributed by atoms with Gasteiger partial charge in [0.2, 0.25) is 0 Å². The van der Waals surface area contributed by atoms with Gasteiger partial charge in [-0.3, -0.25) is 0 Å². The number of aliphatic hydroxyl groups is 1. The van der Waals surface area contributed by atoms with Crippen LogP contribution in [0, 0.1) is 17.3 Å². The van der Waals surface area contributed by atoms with E-state index in [4.69, 9.17) is 0 Å². The lowest BCUT2D eigenvalue weighted by Crippen LogP contribution is -2.43. The highest BCUT2D eigenvalue weighted by Gasteiger charge is 2.54. The Kier molecular flexibility index (Phi) is 3.42. The molecule has 1 aromatic carbocycles. The molecule has 126 valence electrons. The smallest absolute Gasteiger partial charge is 0.139 e. The molecular formula is C20H29NO2. The van der Waals surface area contributed by atoms with Crippen LogP contribution in [0.3, 0.4) is 0 Å². The number of fused-ring (bicyclic) bond motifs is 5. The number of aliphatic hydroxyl groups excluding tert-OH is 1. The van der Waals surface area contributed by atoms with E-state index in [0.29, 0.717) is 23.5 Å². The number of nitrogens with zero attached hydrogens (tertiary/aromatic N) is 1. The first-order valence-electron chi connectivity index (χ1n) is 9.13. The minimum absolute atomic E-state index is 0.105. The van der Waals surface area contributed by atoms with Gasteiger partial charge in [0.25, 0.3) is 0 Å². The van der Waals surface area contributed by atoms with Crippen LogP contribution in [0.2, 0.25) is 0 Å². The number of aryl methyl sites for hydroxylation is 1. The van der Waals surface area contributed by atoms with E-state index in [2.05, 4.69) is 13.0 Å². The summed E-state index contributed by atoms with van der Waals surface area (Å²) in [6, 6.07) is 4.23. The van der Waals surface area contributed by atoms with Gasteiger partial charge in [-0.05, 0) is 85.0 Å². The largest absolute Gasteiger partial charge is 0.506 e. The van der Waals surface area contributed by atoms with Crippen LogP contribution in [0.25, 0.3) is 0 Å². The summed E-state index contributed by atoms with van der Waals surface area (Å²) < 4.78 is 0. The third-order valence-electron chi connectivity index (χ3n) is 7.25. The fraction of sp³-hybridized carbons (Fsp3) is 0.700. The molecular weight excluding hydrogens is 286 g/mol. The van der Waals surface area contributed by atoms with Crippen molar-refractivity contribution in [2.45, 2.75) is 57.5 Å². The van der Waals surface area contributed by atoms with Gasteiger partial charge in [0.05, 0.1) is 11.8 Å². The molecule has 1 aromatic rings. The van der Waals surface area contributed by atoms with Gasteiger partial charge in [0.15, 0.2) is 0 Å². The first-order valence-corrected chi connectivity index (χ1v) is 9.13. The second kappa shape index (κ2) is 5.14. The number of hydrogen-bond donors (Lipinski definition) is 2. The van der Waals surface area contributed by atoms with Gasteiger partial charge in [-0.15, -0.1) is 0 Å². The molecule has 0 amide bonds. The number of aromatic hydroxyl groups is 1. The lowest BCUT2D eigenvalue weighted by molar-refractivity contribution is -0.0226. The zero-order chi connectivity index (χ0) is 16.4. The molecule has 0 heterocycles. The Balaban J connectivity index is 1.73. The molecule has 3 heteroatoms. The fourth-order valence-electron chi connectivity index (χ4n) is 5.93. The molecule has 3 nitrogen and oxygen atoms in total. The van der Waals surface area contributed by atoms with Crippen LogP contribution < -0.4 is 4.90 Å². The van der Waals surface area contributed by atoms with Crippen molar-refractivity contribution in [1.29, 1.82) is 0 Å². The van der Waals surface area contributed by atoms with Crippen LogP contribution in [0.5, 0.6) is 5.75 Å². The van der Waals surface area contributed by atoms with Crippen molar-refractivity contribution in [2.24, 2.45) is 17.3 Å². The van der Waals surface area contributed by atoms with Gasteiger partial charge in [-0.25, -0.2) is 0 Å². The van der Waals surface area contributed by atoms with Crippen LogP contribution >= 0.6 is 0 Å². The first-order chi connectivity index (χ1) is 10.9. The minimum atomic E-state index is -0.105. The van der Waals surface area contributed by atoms with Crippen LogP contribution in [0.4, 0.5) is 5.69 Å². The summed E-state index contributed by atoms with van der Waals surface area (Å²) in [5.41, 5.74) is 3.88. The monoisotopic (exact) mass is 315 g/mol. The van der Waals surface area contributed by atoms with Crippen molar-refractivity contribution in [2.75, 3.05) is 19.0 Å². The maximum atomic E-state index is 10.5. The average molecular weight is 315 g/mol. The van der Waals surface area contributed by atoms with E-state index < -0.39 is 0 Å². The molecule has 0 radical (unpaired) electrons. The van der Waals surface area contributed by atoms with E-state index in [1.54, 1.807) is 0 Å². The van der Waals surface area contributed by atoms with Crippen LogP contribution in [-0.4, -0.2) is 30.4 Å². The lowest BCUT2D eigenvalue weighted by Gasteiger charge is -2.50. The topological polar surface area (TPSA) is 43.7 Å². The number of hydrogen-bond acceptors (Lipinski definition) is 3. The molecule has 0 bridgehead atoms. The molecule has 0 aromatic heterocycles. The van der Waals surface area contributed by atoms with E-state index in [1.165, 1.54) is 30.4 Å². The Labute approximate surface area is 139 Å². The summed E-state index contributed by atoms with van der Waals surface area (Å²) in [4.78, 5) is 2.01. The quantitative estimate of drug-likeness (QED) is 0.831. The summed E-state index contributed by atoms with van der Waals surface area (Å²) in [6.45, 7) is 2.32. The van der Waals surface area contributed by atoms with E-state index in [-0.39, 0.29) is 11.5 Å². The van der Waals surface area contributed by atoms with Crippen molar-refractivity contribution in [1.82, 2.24) is 0 Å². The second-order valence-corrected chi connectivity index (χ2v) is 8.49. The van der Waals surface area contributed by atoms with Gasteiger partial charge in [0.1, 0.15) is 5.75 Å². The molecule has 0 spiro atoms. The molecule has 23 heavy (non-hydrogen) atoms. The Morgan fingerprint density at radius 3 is 2.65 bits per heavy atom. The number of benzene rings is 1. The van der Waals surface area contributed by atoms with E-state index in [0.717, 1.165) is 24.9 Å². The molecule has 2 saturated carbocycles. The molecule has 0 aliphatic heterocycles. The van der Waals surface area contributed by atoms with Gasteiger partial charge >= 0.3 is 0 Å². The summed E-state index contributed by atoms with van der Waals surface area (Å²) in [7, 11) is 3.99. The highest BCUT2D eigenvalue weighted by atomic mass is 16.3. The van der Waals surface area contributed by atoms with Crippen LogP contribution in [0.1, 0.15) is 56.1 Å². The minimum Gasteiger partial charge on any atom is -0.506 e. The molecule has 4 rings (SSSR count). The normalized spacial score (nSPS) is 38.6. The maximum absolute atomic E-state index is 10.5. The zero-order valence-corrected chi connectivity index (χ0v) is 14.5. The van der Waals surface area contributed by atoms with Crippen molar-refractivity contribution >= 4 is 5.69 Å². The average Bonchev–Trinajstić information content (AvgIpc) is 2.81. The van der Waals surface area contributed by atoms with Crippen LogP contribution in [0.15, 0.2) is 12.1 Å². The van der Waals surface area contributed by atoms with Crippen molar-refractivity contribution in [3.05, 3.63) is 23.3 Å². The maximum Gasteiger partial charge on any atom is 0.139 e. The lowest BCUT2D eigenvalue weighted by atomic mass is 9.55. The van der Waals surface area contributed by atoms with E-state index in [9.17, 15) is 10.2 Å². The second-order valence-electron chi connectivity index (χ2n) is 8.49. The zero-order valence-electron chi connectivity index (χ0n) is 14.5. The fourth-order valence-corrected chi connectivity index (χ4v) is 5.93. The molecule has 5 atom stereocenters. The molecule has 3 unspecified atom stereocenters. The first kappa shape index (κ1) is 15.3. The molecule has 2 N–H and O–H groups in total. The van der Waals surface area contributed by atoms with Crippen molar-refractivity contribution in [3.8, 4) is 5.75 Å². The molecule has 2 fully saturated rings. The van der Waals surface area contributed by atoms with Gasteiger partial charge in [-0.1, -0.05) is 6.92 Å². The third kappa shape index (κ3) is 2.12. The number of phenolic OH excluding ortho intramolecular Hbond substituents is 1. The summed E-state index contributed by atoms with van der Waals surface area (Å²) in [5, 5.41) is 20.8. The highest BCUT2D eigenvalue weighted by molar-refractivity contribution is 5.61. The summed E-state index contributed by atoms with van der Waals surface area (Å²) in [5.74, 6) is 2.39. The van der Waals surface area contributed by atoms with Crippen molar-refractivity contribution < 1.29 is 10.2 Å². The highest BCUT2D eigenvalue weighted by Crippen LogP contribution is 2.61. The number of anilines is 1. The van der Waals surface area contributed by atoms with E-state index >= 15 is 0 Å². The summed E-state index contributed by atoms with van der Waals surface area (Å²) >= 11 is 0. The van der Waals surface area contributed by atoms with Gasteiger partial charge in [-0.2, -0.15) is 0 Å². The third-order valence-corrected chi connectivity index (χ3v) is 7.25. The van der Waals surface area contributed by atoms with Crippen LogP contribution in [-0.2, 0) is 6.42 Å². The van der Waals surface area contributed by atoms with Gasteiger partial charge < -0.3 is 15.1 Å². The number of rotatable bonds is 1. The van der Waals surface area contributed by atoms with Gasteiger partial charge in [0, 0.05) is 14.1 Å². The van der Waals surface area contributed by atoms with E-state index in [1.807, 2.05) is 25.1 Å². The standard InChI is InChI=1S/C20H29NO2/c1-20-9-8-13-14(16(20)6-7-19(20)23)5-4-12-10-18(22)17(21(2)3)11-15(12)13/h10-11,13-14,16,19,22-23H,4-9H2,1-3H3/t13?,14?,16?,19-,20-/m0/s1. The molecule has 3 aliphatic rings. The Morgan fingerprint density at radius 1 is 1.13 bits per heavy atom. The Morgan fingerprint density at radius 2 is 1.91 bits per heavy atom. The Hall–Kier alpha value is -1.22.